The van der Waals surface area contributed by atoms with E-state index in [-0.39, 0.29) is 11.7 Å². The van der Waals surface area contributed by atoms with Crippen LogP contribution in [0, 0.1) is 0 Å². The molecule has 0 atom stereocenters. The fraction of sp³-hybridized carbons (Fsp3) is 0.333. The van der Waals surface area contributed by atoms with Gasteiger partial charge in [0.25, 0.3) is 5.91 Å². The SMILES string of the molecule is COCc1ccc(C(=O)N2CCN(c3ccc(C(C)=O)cc3)CC2)cc1. The first-order valence-corrected chi connectivity index (χ1v) is 8.81. The van der Waals surface area contributed by atoms with Gasteiger partial charge in [0, 0.05) is 50.1 Å². The summed E-state index contributed by atoms with van der Waals surface area (Å²) in [5.74, 6) is 0.143. The van der Waals surface area contributed by atoms with E-state index in [0.29, 0.717) is 25.3 Å². The normalized spacial score (nSPS) is 14.4. The van der Waals surface area contributed by atoms with Crippen molar-refractivity contribution >= 4 is 17.4 Å². The Kier molecular flexibility index (Phi) is 5.68. The van der Waals surface area contributed by atoms with Crippen LogP contribution in [0.15, 0.2) is 48.5 Å². The molecule has 0 aromatic heterocycles. The highest BCUT2D eigenvalue weighted by Gasteiger charge is 2.22. The van der Waals surface area contributed by atoms with Crippen molar-refractivity contribution in [1.82, 2.24) is 4.90 Å². The van der Waals surface area contributed by atoms with Crippen molar-refractivity contribution in [2.24, 2.45) is 0 Å². The van der Waals surface area contributed by atoms with Gasteiger partial charge in [-0.2, -0.15) is 0 Å². The molecule has 0 aliphatic carbocycles. The van der Waals surface area contributed by atoms with Crippen molar-refractivity contribution in [3.05, 3.63) is 65.2 Å². The Morgan fingerprint density at radius 3 is 2.00 bits per heavy atom. The maximum Gasteiger partial charge on any atom is 0.253 e. The Labute approximate surface area is 154 Å². The summed E-state index contributed by atoms with van der Waals surface area (Å²) in [7, 11) is 1.66. The summed E-state index contributed by atoms with van der Waals surface area (Å²) in [5, 5.41) is 0. The molecule has 2 aromatic carbocycles. The van der Waals surface area contributed by atoms with Gasteiger partial charge >= 0.3 is 0 Å². The second-order valence-corrected chi connectivity index (χ2v) is 6.51. The second kappa shape index (κ2) is 8.15. The Hall–Kier alpha value is -2.66. The zero-order valence-corrected chi connectivity index (χ0v) is 15.3. The molecule has 0 radical (unpaired) electrons. The molecular weight excluding hydrogens is 328 g/mol. The van der Waals surface area contributed by atoms with Crippen LogP contribution in [-0.2, 0) is 11.3 Å². The van der Waals surface area contributed by atoms with Gasteiger partial charge in [-0.05, 0) is 48.9 Å². The molecule has 0 bridgehead atoms. The van der Waals surface area contributed by atoms with Crippen LogP contribution >= 0.6 is 0 Å². The third kappa shape index (κ3) is 4.11. The van der Waals surface area contributed by atoms with E-state index >= 15 is 0 Å². The van der Waals surface area contributed by atoms with Gasteiger partial charge in [0.1, 0.15) is 0 Å². The number of benzene rings is 2. The standard InChI is InChI=1S/C21H24N2O3/c1-16(24)18-7-9-20(10-8-18)22-11-13-23(14-12-22)21(25)19-5-3-17(4-6-19)15-26-2/h3-10H,11-15H2,1-2H3. The van der Waals surface area contributed by atoms with Crippen LogP contribution in [0.4, 0.5) is 5.69 Å². The molecule has 3 rings (SSSR count). The third-order valence-electron chi connectivity index (χ3n) is 4.72. The maximum atomic E-state index is 12.7. The summed E-state index contributed by atoms with van der Waals surface area (Å²) in [6.07, 6.45) is 0. The van der Waals surface area contributed by atoms with Crippen molar-refractivity contribution in [3.8, 4) is 0 Å². The molecule has 0 N–H and O–H groups in total. The topological polar surface area (TPSA) is 49.9 Å². The van der Waals surface area contributed by atoms with Crippen LogP contribution in [0.25, 0.3) is 0 Å². The molecule has 5 heteroatoms. The maximum absolute atomic E-state index is 12.7. The minimum absolute atomic E-state index is 0.0699. The number of methoxy groups -OCH3 is 1. The van der Waals surface area contributed by atoms with E-state index in [0.717, 1.165) is 29.9 Å². The Morgan fingerprint density at radius 2 is 1.46 bits per heavy atom. The summed E-state index contributed by atoms with van der Waals surface area (Å²) in [4.78, 5) is 28.2. The summed E-state index contributed by atoms with van der Waals surface area (Å²) in [6, 6.07) is 15.3. The van der Waals surface area contributed by atoms with Gasteiger partial charge in [-0.15, -0.1) is 0 Å². The summed E-state index contributed by atoms with van der Waals surface area (Å²) >= 11 is 0. The van der Waals surface area contributed by atoms with E-state index in [4.69, 9.17) is 4.74 Å². The number of ether oxygens (including phenoxy) is 1. The van der Waals surface area contributed by atoms with Gasteiger partial charge in [0.15, 0.2) is 5.78 Å². The van der Waals surface area contributed by atoms with Crippen molar-refractivity contribution in [1.29, 1.82) is 0 Å². The molecule has 26 heavy (non-hydrogen) atoms. The van der Waals surface area contributed by atoms with Crippen LogP contribution in [-0.4, -0.2) is 49.9 Å². The third-order valence-corrected chi connectivity index (χ3v) is 4.72. The minimum Gasteiger partial charge on any atom is -0.380 e. The van der Waals surface area contributed by atoms with Gasteiger partial charge in [-0.1, -0.05) is 12.1 Å². The molecule has 1 aliphatic rings. The minimum atomic E-state index is 0.0699. The first-order valence-electron chi connectivity index (χ1n) is 8.81. The van der Waals surface area contributed by atoms with E-state index in [2.05, 4.69) is 4.90 Å². The average molecular weight is 352 g/mol. The average Bonchev–Trinajstić information content (AvgIpc) is 2.68. The van der Waals surface area contributed by atoms with Crippen LogP contribution < -0.4 is 4.90 Å². The quantitative estimate of drug-likeness (QED) is 0.776. The number of anilines is 1. The fourth-order valence-electron chi connectivity index (χ4n) is 3.17. The number of carbonyl (C=O) groups excluding carboxylic acids is 2. The van der Waals surface area contributed by atoms with E-state index in [1.54, 1.807) is 14.0 Å². The summed E-state index contributed by atoms with van der Waals surface area (Å²) in [5.41, 5.74) is 3.58. The monoisotopic (exact) mass is 352 g/mol. The lowest BCUT2D eigenvalue weighted by molar-refractivity contribution is 0.0746. The number of carbonyl (C=O) groups is 2. The van der Waals surface area contributed by atoms with Crippen molar-refractivity contribution in [3.63, 3.8) is 0 Å². The number of hydrogen-bond acceptors (Lipinski definition) is 4. The Bertz CT molecular complexity index is 761. The van der Waals surface area contributed by atoms with Gasteiger partial charge in [0.2, 0.25) is 0 Å². The smallest absolute Gasteiger partial charge is 0.253 e. The lowest BCUT2D eigenvalue weighted by Crippen LogP contribution is -2.48. The first-order chi connectivity index (χ1) is 12.6. The van der Waals surface area contributed by atoms with Crippen LogP contribution in [0.1, 0.15) is 33.2 Å². The molecule has 1 saturated heterocycles. The van der Waals surface area contributed by atoms with Crippen molar-refractivity contribution < 1.29 is 14.3 Å². The molecule has 2 aromatic rings. The van der Waals surface area contributed by atoms with E-state index < -0.39 is 0 Å². The molecule has 136 valence electrons. The number of amides is 1. The molecule has 0 spiro atoms. The number of Topliss-reactive ketones (excluding diaryl/α,β-unsaturated/α-hetero) is 1. The molecule has 5 nitrogen and oxygen atoms in total. The molecule has 0 saturated carbocycles. The second-order valence-electron chi connectivity index (χ2n) is 6.51. The molecular formula is C21H24N2O3. The van der Waals surface area contributed by atoms with Gasteiger partial charge in [-0.25, -0.2) is 0 Å². The fourth-order valence-corrected chi connectivity index (χ4v) is 3.17. The number of nitrogens with zero attached hydrogens (tertiary/aromatic N) is 2. The molecule has 1 amide bonds. The lowest BCUT2D eigenvalue weighted by Gasteiger charge is -2.36. The Balaban J connectivity index is 1.59. The predicted octanol–water partition coefficient (Wildman–Crippen LogP) is 3.00. The highest BCUT2D eigenvalue weighted by molar-refractivity contribution is 5.95. The van der Waals surface area contributed by atoms with Gasteiger partial charge < -0.3 is 14.5 Å². The van der Waals surface area contributed by atoms with Gasteiger partial charge in [-0.3, -0.25) is 9.59 Å². The van der Waals surface area contributed by atoms with Crippen LogP contribution in [0.5, 0.6) is 0 Å². The predicted molar refractivity (Wildman–Crippen MR) is 102 cm³/mol. The zero-order chi connectivity index (χ0) is 18.5. The van der Waals surface area contributed by atoms with Gasteiger partial charge in [0.05, 0.1) is 6.61 Å². The largest absolute Gasteiger partial charge is 0.380 e. The molecule has 1 fully saturated rings. The Morgan fingerprint density at radius 1 is 0.885 bits per heavy atom. The summed E-state index contributed by atoms with van der Waals surface area (Å²) in [6.45, 7) is 5.07. The molecule has 0 unspecified atom stereocenters. The zero-order valence-electron chi connectivity index (χ0n) is 15.3. The van der Waals surface area contributed by atoms with Crippen LogP contribution in [0.2, 0.25) is 0 Å². The molecule has 1 heterocycles. The first kappa shape index (κ1) is 18.1. The highest BCUT2D eigenvalue weighted by Crippen LogP contribution is 2.19. The van der Waals surface area contributed by atoms with E-state index in [1.807, 2.05) is 53.4 Å². The van der Waals surface area contributed by atoms with Crippen LogP contribution in [0.3, 0.4) is 0 Å². The van der Waals surface area contributed by atoms with Crippen molar-refractivity contribution in [2.45, 2.75) is 13.5 Å². The van der Waals surface area contributed by atoms with E-state index in [9.17, 15) is 9.59 Å². The number of hydrogen-bond donors (Lipinski definition) is 0. The molecule has 1 aliphatic heterocycles. The van der Waals surface area contributed by atoms with E-state index in [1.165, 1.54) is 0 Å². The van der Waals surface area contributed by atoms with Crippen molar-refractivity contribution in [2.75, 3.05) is 38.2 Å². The summed E-state index contributed by atoms with van der Waals surface area (Å²) < 4.78 is 5.10. The number of piperazine rings is 1. The lowest BCUT2D eigenvalue weighted by atomic mass is 10.1. The highest BCUT2D eigenvalue weighted by atomic mass is 16.5. The number of ketones is 1. The number of rotatable bonds is 5.